The van der Waals surface area contributed by atoms with E-state index in [2.05, 4.69) is 19.8 Å². The van der Waals surface area contributed by atoms with Crippen molar-refractivity contribution in [1.82, 2.24) is 14.9 Å². The quantitative estimate of drug-likeness (QED) is 0.400. The van der Waals surface area contributed by atoms with Crippen LogP contribution in [0.25, 0.3) is 0 Å². The zero-order chi connectivity index (χ0) is 29.4. The predicted molar refractivity (Wildman–Crippen MR) is 123 cm³/mol. The summed E-state index contributed by atoms with van der Waals surface area (Å²) >= 11 is 0. The van der Waals surface area contributed by atoms with Crippen molar-refractivity contribution in [2.45, 2.75) is 45.0 Å². The Balaban J connectivity index is 0.000000317. The number of aliphatic carboxylic acids is 2. The number of anilines is 1. The van der Waals surface area contributed by atoms with Crippen LogP contribution in [0.5, 0.6) is 0 Å². The molecule has 0 aromatic carbocycles. The first-order valence-corrected chi connectivity index (χ1v) is 12.1. The highest BCUT2D eigenvalue weighted by molar-refractivity contribution is 5.79. The molecule has 1 aliphatic carbocycles. The van der Waals surface area contributed by atoms with Crippen LogP contribution >= 0.6 is 0 Å². The Bertz CT molecular complexity index is 952. The first kappa shape index (κ1) is 32.0. The standard InChI is InChI=1S/C19H28N4O2.2C2HF3O2/c1-2-25-17(24)19-7-3-10-22(11-15-5-6-15)12-16(19)13-23(14-19)18-20-8-4-9-21-18;2*3-2(4,5)1(6)7/h4,8-9,15-16H,2-3,5-7,10-14H2,1H3;2*(H,6,7)/t16-,19-;;/m0../s1. The summed E-state index contributed by atoms with van der Waals surface area (Å²) in [4.78, 5) is 44.3. The van der Waals surface area contributed by atoms with Crippen LogP contribution in [0.3, 0.4) is 0 Å². The fourth-order valence-corrected chi connectivity index (χ4v) is 4.56. The summed E-state index contributed by atoms with van der Waals surface area (Å²) in [6, 6.07) is 1.83. The highest BCUT2D eigenvalue weighted by Crippen LogP contribution is 2.45. The van der Waals surface area contributed by atoms with Gasteiger partial charge in [0.25, 0.3) is 0 Å². The van der Waals surface area contributed by atoms with Crippen LogP contribution in [0.1, 0.15) is 32.6 Å². The van der Waals surface area contributed by atoms with Crippen molar-refractivity contribution < 1.29 is 55.7 Å². The van der Waals surface area contributed by atoms with Gasteiger partial charge in [-0.05, 0) is 51.1 Å². The summed E-state index contributed by atoms with van der Waals surface area (Å²) in [7, 11) is 0. The second-order valence-electron chi connectivity index (χ2n) is 9.42. The third kappa shape index (κ3) is 9.51. The van der Waals surface area contributed by atoms with Gasteiger partial charge in [0, 0.05) is 44.5 Å². The van der Waals surface area contributed by atoms with Gasteiger partial charge in [-0.25, -0.2) is 19.6 Å². The molecule has 39 heavy (non-hydrogen) atoms. The van der Waals surface area contributed by atoms with Gasteiger partial charge in [0.2, 0.25) is 5.95 Å². The third-order valence-electron chi connectivity index (χ3n) is 6.49. The highest BCUT2D eigenvalue weighted by Gasteiger charge is 2.54. The number of likely N-dealkylation sites (tertiary alicyclic amines) is 1. The van der Waals surface area contributed by atoms with Crippen molar-refractivity contribution in [2.24, 2.45) is 17.3 Å². The number of hydrogen-bond donors (Lipinski definition) is 2. The molecule has 1 saturated carbocycles. The Morgan fingerprint density at radius 3 is 2.03 bits per heavy atom. The van der Waals surface area contributed by atoms with E-state index in [1.807, 2.05) is 13.0 Å². The number of ether oxygens (including phenoxy) is 1. The first-order chi connectivity index (χ1) is 18.1. The summed E-state index contributed by atoms with van der Waals surface area (Å²) in [6.45, 7) is 7.14. The lowest BCUT2D eigenvalue weighted by Crippen LogP contribution is -2.43. The normalized spacial score (nSPS) is 23.3. The maximum absolute atomic E-state index is 13.0. The van der Waals surface area contributed by atoms with E-state index in [1.165, 1.54) is 19.4 Å². The number of halogens is 6. The smallest absolute Gasteiger partial charge is 0.475 e. The summed E-state index contributed by atoms with van der Waals surface area (Å²) in [5, 5.41) is 14.2. The van der Waals surface area contributed by atoms with Gasteiger partial charge in [-0.1, -0.05) is 0 Å². The van der Waals surface area contributed by atoms with Gasteiger partial charge >= 0.3 is 30.3 Å². The van der Waals surface area contributed by atoms with Gasteiger partial charge in [-0.3, -0.25) is 4.79 Å². The van der Waals surface area contributed by atoms with Gasteiger partial charge in [0.05, 0.1) is 12.0 Å². The highest BCUT2D eigenvalue weighted by atomic mass is 19.4. The minimum absolute atomic E-state index is 0.0216. The molecule has 0 unspecified atom stereocenters. The van der Waals surface area contributed by atoms with E-state index < -0.39 is 29.7 Å². The van der Waals surface area contributed by atoms with Crippen molar-refractivity contribution >= 4 is 23.9 Å². The summed E-state index contributed by atoms with van der Waals surface area (Å²) in [6.07, 6.45) is -1.92. The average Bonchev–Trinajstić information content (AvgIpc) is 3.61. The first-order valence-electron chi connectivity index (χ1n) is 12.1. The second-order valence-corrected chi connectivity index (χ2v) is 9.42. The fraction of sp³-hybridized carbons (Fsp3) is 0.696. The molecular weight excluding hydrogens is 542 g/mol. The number of fused-ring (bicyclic) bond motifs is 1. The Morgan fingerprint density at radius 2 is 1.56 bits per heavy atom. The van der Waals surface area contributed by atoms with Gasteiger partial charge in [0.15, 0.2) is 0 Å². The fourth-order valence-electron chi connectivity index (χ4n) is 4.56. The van der Waals surface area contributed by atoms with Crippen molar-refractivity contribution in [3.05, 3.63) is 18.5 Å². The minimum atomic E-state index is -5.08. The molecule has 2 N–H and O–H groups in total. The molecule has 3 heterocycles. The molecule has 0 bridgehead atoms. The average molecular weight is 573 g/mol. The molecule has 3 fully saturated rings. The van der Waals surface area contributed by atoms with E-state index in [1.54, 1.807) is 12.4 Å². The van der Waals surface area contributed by atoms with Crippen molar-refractivity contribution in [3.63, 3.8) is 0 Å². The van der Waals surface area contributed by atoms with Crippen LogP contribution in [-0.2, 0) is 19.1 Å². The number of alkyl halides is 6. The van der Waals surface area contributed by atoms with Crippen LogP contribution in [0.2, 0.25) is 0 Å². The van der Waals surface area contributed by atoms with E-state index in [0.717, 1.165) is 44.3 Å². The number of hydrogen-bond acceptors (Lipinski definition) is 8. The second kappa shape index (κ2) is 13.3. The Kier molecular flexibility index (Phi) is 10.9. The van der Waals surface area contributed by atoms with Gasteiger partial charge < -0.3 is 24.7 Å². The minimum Gasteiger partial charge on any atom is -0.475 e. The van der Waals surface area contributed by atoms with Crippen LogP contribution < -0.4 is 4.90 Å². The summed E-state index contributed by atoms with van der Waals surface area (Å²) in [5.41, 5.74) is -0.409. The number of carboxylic acids is 2. The third-order valence-corrected chi connectivity index (χ3v) is 6.49. The van der Waals surface area contributed by atoms with Crippen LogP contribution in [0.15, 0.2) is 18.5 Å². The van der Waals surface area contributed by atoms with Gasteiger partial charge in [-0.15, -0.1) is 0 Å². The van der Waals surface area contributed by atoms with E-state index in [9.17, 15) is 31.1 Å². The molecule has 1 aromatic heterocycles. The van der Waals surface area contributed by atoms with Gasteiger partial charge in [0.1, 0.15) is 0 Å². The lowest BCUT2D eigenvalue weighted by atomic mass is 9.75. The van der Waals surface area contributed by atoms with Crippen LogP contribution in [0.4, 0.5) is 32.3 Å². The lowest BCUT2D eigenvalue weighted by molar-refractivity contribution is -0.193. The molecule has 1 aromatic rings. The Hall–Kier alpha value is -3.17. The maximum Gasteiger partial charge on any atom is 0.490 e. The number of nitrogens with zero attached hydrogens (tertiary/aromatic N) is 4. The number of carbonyl (C=O) groups excluding carboxylic acids is 1. The number of rotatable bonds is 5. The van der Waals surface area contributed by atoms with Crippen molar-refractivity contribution in [2.75, 3.05) is 44.2 Å². The molecule has 4 rings (SSSR count). The van der Waals surface area contributed by atoms with Gasteiger partial charge in [-0.2, -0.15) is 26.3 Å². The molecule has 0 amide bonds. The molecule has 2 saturated heterocycles. The molecular formula is C23H30F6N4O6. The monoisotopic (exact) mass is 572 g/mol. The van der Waals surface area contributed by atoms with Crippen molar-refractivity contribution in [3.8, 4) is 0 Å². The molecule has 16 heteroatoms. The SMILES string of the molecule is CCOC(=O)[C@]12CCCN(CC3CC3)C[C@H]1CN(c1ncccn1)C2.O=C(O)C(F)(F)F.O=C(O)C(F)(F)F. The van der Waals surface area contributed by atoms with E-state index in [0.29, 0.717) is 13.2 Å². The number of carbonyl (C=O) groups is 3. The van der Waals surface area contributed by atoms with Crippen molar-refractivity contribution in [1.29, 1.82) is 0 Å². The molecule has 10 nitrogen and oxygen atoms in total. The molecule has 0 radical (unpaired) electrons. The Labute approximate surface area is 219 Å². The molecule has 2 aliphatic heterocycles. The maximum atomic E-state index is 13.0. The molecule has 220 valence electrons. The number of esters is 1. The predicted octanol–water partition coefficient (Wildman–Crippen LogP) is 3.23. The topological polar surface area (TPSA) is 133 Å². The molecule has 0 spiro atoms. The summed E-state index contributed by atoms with van der Waals surface area (Å²) in [5.74, 6) is -3.64. The molecule has 2 atom stereocenters. The van der Waals surface area contributed by atoms with E-state index in [4.69, 9.17) is 24.5 Å². The Morgan fingerprint density at radius 1 is 1.03 bits per heavy atom. The largest absolute Gasteiger partial charge is 0.490 e. The number of carboxylic acid groups (broad SMARTS) is 2. The zero-order valence-corrected chi connectivity index (χ0v) is 21.0. The van der Waals surface area contributed by atoms with Crippen LogP contribution in [0, 0.1) is 17.3 Å². The molecule has 3 aliphatic rings. The summed E-state index contributed by atoms with van der Waals surface area (Å²) < 4.78 is 69.0. The van der Waals surface area contributed by atoms with E-state index in [-0.39, 0.29) is 11.9 Å². The lowest BCUT2D eigenvalue weighted by Gasteiger charge is -2.31. The number of aromatic nitrogens is 2. The van der Waals surface area contributed by atoms with E-state index >= 15 is 0 Å². The zero-order valence-electron chi connectivity index (χ0n) is 21.0. The van der Waals surface area contributed by atoms with Crippen LogP contribution in [-0.4, -0.2) is 94.7 Å².